The van der Waals surface area contributed by atoms with Gasteiger partial charge >= 0.3 is 5.97 Å². The fraction of sp³-hybridized carbons (Fsp3) is 0.389. The van der Waals surface area contributed by atoms with Gasteiger partial charge in [-0.15, -0.1) is 0 Å². The van der Waals surface area contributed by atoms with Gasteiger partial charge in [-0.05, 0) is 42.6 Å². The number of carbonyl (C=O) groups is 1. The van der Waals surface area contributed by atoms with E-state index < -0.39 is 11.4 Å². The van der Waals surface area contributed by atoms with E-state index in [1.165, 1.54) is 16.3 Å². The van der Waals surface area contributed by atoms with Gasteiger partial charge in [0.1, 0.15) is 0 Å². The van der Waals surface area contributed by atoms with Gasteiger partial charge in [0.2, 0.25) is 0 Å². The maximum absolute atomic E-state index is 11.5. The summed E-state index contributed by atoms with van der Waals surface area (Å²) in [5.41, 5.74) is 0.672. The van der Waals surface area contributed by atoms with Crippen LogP contribution in [0.3, 0.4) is 0 Å². The Kier molecular flexibility index (Phi) is 3.68. The second kappa shape index (κ2) is 5.49. The number of hydrogen-bond donors (Lipinski definition) is 1. The van der Waals surface area contributed by atoms with Gasteiger partial charge in [-0.25, -0.2) is 0 Å². The molecule has 3 rings (SSSR count). The number of nitrogens with zero attached hydrogens (tertiary/aromatic N) is 1. The van der Waals surface area contributed by atoms with Crippen molar-refractivity contribution in [2.45, 2.75) is 26.3 Å². The van der Waals surface area contributed by atoms with Crippen molar-refractivity contribution >= 4 is 16.7 Å². The first kappa shape index (κ1) is 14.1. The van der Waals surface area contributed by atoms with Gasteiger partial charge in [0, 0.05) is 13.1 Å². The highest BCUT2D eigenvalue weighted by Gasteiger charge is 2.37. The molecule has 1 unspecified atom stereocenters. The molecule has 0 bridgehead atoms. The molecule has 2 aromatic carbocycles. The number of likely N-dealkylation sites (tertiary alicyclic amines) is 1. The lowest BCUT2D eigenvalue weighted by Crippen LogP contribution is -2.45. The van der Waals surface area contributed by atoms with E-state index in [1.807, 2.05) is 6.92 Å². The number of carboxylic acids is 1. The molecule has 3 heteroatoms. The Morgan fingerprint density at radius 2 is 2.00 bits per heavy atom. The Morgan fingerprint density at radius 3 is 2.81 bits per heavy atom. The number of carboxylic acid groups (broad SMARTS) is 1. The summed E-state index contributed by atoms with van der Waals surface area (Å²) in [6, 6.07) is 14.7. The average molecular weight is 283 g/mol. The lowest BCUT2D eigenvalue weighted by atomic mass is 9.82. The third-order valence-electron chi connectivity index (χ3n) is 4.57. The molecule has 1 heterocycles. The van der Waals surface area contributed by atoms with Gasteiger partial charge in [0.25, 0.3) is 0 Å². The summed E-state index contributed by atoms with van der Waals surface area (Å²) >= 11 is 0. The number of fused-ring (bicyclic) bond motifs is 1. The molecule has 0 aromatic heterocycles. The Morgan fingerprint density at radius 1 is 1.24 bits per heavy atom. The minimum atomic E-state index is -0.676. The standard InChI is InChI=1S/C18H21NO2/c1-18(17(20)21)10-5-11-19(13-18)12-15-8-4-7-14-6-2-3-9-16(14)15/h2-4,6-9H,5,10-13H2,1H3,(H,20,21). The summed E-state index contributed by atoms with van der Waals surface area (Å²) in [6.45, 7) is 4.30. The van der Waals surface area contributed by atoms with Crippen LogP contribution in [0, 0.1) is 5.41 Å². The Hall–Kier alpha value is -1.87. The van der Waals surface area contributed by atoms with Crippen molar-refractivity contribution in [3.05, 3.63) is 48.0 Å². The summed E-state index contributed by atoms with van der Waals surface area (Å²) in [5, 5.41) is 11.9. The van der Waals surface area contributed by atoms with Crippen LogP contribution in [0.5, 0.6) is 0 Å². The number of benzene rings is 2. The van der Waals surface area contributed by atoms with E-state index in [0.717, 1.165) is 25.9 Å². The molecule has 0 spiro atoms. The fourth-order valence-electron chi connectivity index (χ4n) is 3.33. The van der Waals surface area contributed by atoms with Gasteiger partial charge < -0.3 is 5.11 Å². The molecule has 0 radical (unpaired) electrons. The van der Waals surface area contributed by atoms with Crippen LogP contribution in [-0.2, 0) is 11.3 Å². The van der Waals surface area contributed by atoms with Crippen molar-refractivity contribution < 1.29 is 9.90 Å². The molecule has 0 amide bonds. The highest BCUT2D eigenvalue weighted by Crippen LogP contribution is 2.31. The second-order valence-corrected chi connectivity index (χ2v) is 6.32. The van der Waals surface area contributed by atoms with E-state index in [1.54, 1.807) is 0 Å². The van der Waals surface area contributed by atoms with Crippen molar-refractivity contribution in [2.75, 3.05) is 13.1 Å². The topological polar surface area (TPSA) is 40.5 Å². The second-order valence-electron chi connectivity index (χ2n) is 6.32. The van der Waals surface area contributed by atoms with Crippen LogP contribution >= 0.6 is 0 Å². The van der Waals surface area contributed by atoms with E-state index in [9.17, 15) is 9.90 Å². The van der Waals surface area contributed by atoms with E-state index in [0.29, 0.717) is 6.54 Å². The molecule has 3 nitrogen and oxygen atoms in total. The maximum Gasteiger partial charge on any atom is 0.310 e. The third kappa shape index (κ3) is 2.79. The van der Waals surface area contributed by atoms with E-state index in [2.05, 4.69) is 47.4 Å². The van der Waals surface area contributed by atoms with Crippen LogP contribution in [0.2, 0.25) is 0 Å². The van der Waals surface area contributed by atoms with Crippen LogP contribution in [-0.4, -0.2) is 29.1 Å². The third-order valence-corrected chi connectivity index (χ3v) is 4.57. The molecule has 1 fully saturated rings. The van der Waals surface area contributed by atoms with Crippen molar-refractivity contribution in [1.29, 1.82) is 0 Å². The molecule has 0 aliphatic carbocycles. The van der Waals surface area contributed by atoms with Crippen LogP contribution in [0.25, 0.3) is 10.8 Å². The molecule has 21 heavy (non-hydrogen) atoms. The molecule has 2 aromatic rings. The molecular formula is C18H21NO2. The zero-order valence-electron chi connectivity index (χ0n) is 12.4. The van der Waals surface area contributed by atoms with Crippen LogP contribution in [0.15, 0.2) is 42.5 Å². The number of aliphatic carboxylic acids is 1. The minimum Gasteiger partial charge on any atom is -0.481 e. The quantitative estimate of drug-likeness (QED) is 0.937. The molecule has 1 aliphatic heterocycles. The predicted molar refractivity (Wildman–Crippen MR) is 84.2 cm³/mol. The highest BCUT2D eigenvalue weighted by molar-refractivity contribution is 5.85. The summed E-state index contributed by atoms with van der Waals surface area (Å²) in [6.07, 6.45) is 1.72. The zero-order valence-corrected chi connectivity index (χ0v) is 12.4. The summed E-state index contributed by atoms with van der Waals surface area (Å²) in [5.74, 6) is -0.676. The smallest absolute Gasteiger partial charge is 0.310 e. The SMILES string of the molecule is CC1(C(=O)O)CCCN(Cc2cccc3ccccc23)C1. The zero-order chi connectivity index (χ0) is 14.9. The van der Waals surface area contributed by atoms with E-state index in [4.69, 9.17) is 0 Å². The number of piperidine rings is 1. The Labute approximate surface area is 125 Å². The molecule has 0 saturated carbocycles. The number of hydrogen-bond acceptors (Lipinski definition) is 2. The maximum atomic E-state index is 11.5. The first-order valence-corrected chi connectivity index (χ1v) is 7.51. The first-order chi connectivity index (χ1) is 10.1. The first-order valence-electron chi connectivity index (χ1n) is 7.51. The van der Waals surface area contributed by atoms with Crippen molar-refractivity contribution in [3.63, 3.8) is 0 Å². The van der Waals surface area contributed by atoms with Crippen molar-refractivity contribution in [1.82, 2.24) is 4.90 Å². The highest BCUT2D eigenvalue weighted by atomic mass is 16.4. The van der Waals surface area contributed by atoms with E-state index in [-0.39, 0.29) is 0 Å². The number of rotatable bonds is 3. The lowest BCUT2D eigenvalue weighted by molar-refractivity contribution is -0.151. The predicted octanol–water partition coefficient (Wildman–Crippen LogP) is 3.53. The molecule has 1 N–H and O–H groups in total. The van der Waals surface area contributed by atoms with Crippen LogP contribution in [0.4, 0.5) is 0 Å². The monoisotopic (exact) mass is 283 g/mol. The van der Waals surface area contributed by atoms with Crippen molar-refractivity contribution in [3.8, 4) is 0 Å². The normalized spacial score (nSPS) is 23.3. The van der Waals surface area contributed by atoms with Crippen LogP contribution in [0.1, 0.15) is 25.3 Å². The Bertz CT molecular complexity index is 662. The summed E-state index contributed by atoms with van der Waals surface area (Å²) < 4.78 is 0. The summed E-state index contributed by atoms with van der Waals surface area (Å²) in [7, 11) is 0. The van der Waals surface area contributed by atoms with Gasteiger partial charge in [-0.2, -0.15) is 0 Å². The van der Waals surface area contributed by atoms with Gasteiger partial charge in [0.15, 0.2) is 0 Å². The lowest BCUT2D eigenvalue weighted by Gasteiger charge is -2.37. The van der Waals surface area contributed by atoms with E-state index >= 15 is 0 Å². The molecule has 110 valence electrons. The summed E-state index contributed by atoms with van der Waals surface area (Å²) in [4.78, 5) is 13.7. The molecule has 1 saturated heterocycles. The molecule has 1 atom stereocenters. The van der Waals surface area contributed by atoms with Crippen molar-refractivity contribution in [2.24, 2.45) is 5.41 Å². The largest absolute Gasteiger partial charge is 0.481 e. The van der Waals surface area contributed by atoms with Gasteiger partial charge in [-0.1, -0.05) is 42.5 Å². The van der Waals surface area contributed by atoms with Gasteiger partial charge in [-0.3, -0.25) is 9.69 Å². The average Bonchev–Trinajstić information content (AvgIpc) is 2.48. The van der Waals surface area contributed by atoms with Crippen LogP contribution < -0.4 is 0 Å². The fourth-order valence-corrected chi connectivity index (χ4v) is 3.33. The molecular weight excluding hydrogens is 262 g/mol. The van der Waals surface area contributed by atoms with Gasteiger partial charge in [0.05, 0.1) is 5.41 Å². The Balaban J connectivity index is 1.84. The molecule has 1 aliphatic rings. The minimum absolute atomic E-state index is 0.608.